The molecule has 2 aromatic heterocycles. The molecule has 154 valence electrons. The molecule has 3 aromatic rings. The van der Waals surface area contributed by atoms with Crippen LogP contribution in [-0.4, -0.2) is 38.5 Å². The number of aryl methyl sites for hydroxylation is 1. The molecule has 8 nitrogen and oxygen atoms in total. The van der Waals surface area contributed by atoms with Gasteiger partial charge >= 0.3 is 0 Å². The Labute approximate surface area is 175 Å². The van der Waals surface area contributed by atoms with Crippen molar-refractivity contribution in [3.63, 3.8) is 0 Å². The summed E-state index contributed by atoms with van der Waals surface area (Å²) in [6.07, 6.45) is 5.31. The molecule has 30 heavy (non-hydrogen) atoms. The molecule has 0 aliphatic carbocycles. The number of anilines is 1. The molecule has 1 aliphatic heterocycles. The second-order valence-corrected chi connectivity index (χ2v) is 7.60. The number of rotatable bonds is 4. The van der Waals surface area contributed by atoms with Crippen molar-refractivity contribution in [1.29, 1.82) is 5.26 Å². The molecule has 0 bridgehead atoms. The Hall–Kier alpha value is -3.44. The predicted molar refractivity (Wildman–Crippen MR) is 116 cm³/mol. The lowest BCUT2D eigenvalue weighted by atomic mass is 10.0. The Morgan fingerprint density at radius 3 is 2.50 bits per heavy atom. The normalized spacial score (nSPS) is 14.7. The van der Waals surface area contributed by atoms with E-state index in [0.717, 1.165) is 37.1 Å². The molecule has 0 amide bonds. The molecule has 1 saturated heterocycles. The largest absolute Gasteiger partial charge is 0.342 e. The van der Waals surface area contributed by atoms with Gasteiger partial charge in [-0.1, -0.05) is 12.1 Å². The van der Waals surface area contributed by atoms with Crippen LogP contribution in [-0.2, 0) is 13.6 Å². The fourth-order valence-corrected chi connectivity index (χ4v) is 3.81. The summed E-state index contributed by atoms with van der Waals surface area (Å²) in [6, 6.07) is 9.48. The lowest BCUT2D eigenvalue weighted by Gasteiger charge is -2.32. The number of nitrogens with zero attached hydrogens (tertiary/aromatic N) is 6. The molecule has 1 aliphatic rings. The van der Waals surface area contributed by atoms with Crippen LogP contribution in [0.2, 0.25) is 0 Å². The molecule has 2 N–H and O–H groups in total. The molecule has 1 fully saturated rings. The molecular formula is C22H25N7O. The summed E-state index contributed by atoms with van der Waals surface area (Å²) in [7, 11) is 1.76. The minimum atomic E-state index is -0.120. The first-order valence-electron chi connectivity index (χ1n) is 10.2. The molecule has 0 saturated carbocycles. The van der Waals surface area contributed by atoms with Crippen LogP contribution in [0.3, 0.4) is 0 Å². The van der Waals surface area contributed by atoms with E-state index in [1.807, 2.05) is 25.3 Å². The van der Waals surface area contributed by atoms with Gasteiger partial charge < -0.3 is 10.6 Å². The molecule has 0 radical (unpaired) electrons. The Bertz CT molecular complexity index is 1150. The van der Waals surface area contributed by atoms with E-state index >= 15 is 0 Å². The van der Waals surface area contributed by atoms with Gasteiger partial charge in [0.25, 0.3) is 5.56 Å². The third kappa shape index (κ3) is 3.60. The lowest BCUT2D eigenvalue weighted by molar-refractivity contribution is 0.490. The highest BCUT2D eigenvalue weighted by Crippen LogP contribution is 2.30. The number of aromatic nitrogens is 4. The first-order valence-corrected chi connectivity index (χ1v) is 10.2. The number of nitrogens with two attached hydrogens (primary N) is 1. The third-order valence-corrected chi connectivity index (χ3v) is 5.62. The minimum Gasteiger partial charge on any atom is -0.342 e. The summed E-state index contributed by atoms with van der Waals surface area (Å²) in [5.74, 6) is 0.637. The summed E-state index contributed by atoms with van der Waals surface area (Å²) in [5.41, 5.74) is 9.14. The summed E-state index contributed by atoms with van der Waals surface area (Å²) >= 11 is 0. The molecule has 0 unspecified atom stereocenters. The van der Waals surface area contributed by atoms with Crippen LogP contribution in [0.4, 0.5) is 5.95 Å². The van der Waals surface area contributed by atoms with Crippen molar-refractivity contribution in [1.82, 2.24) is 19.3 Å². The number of benzene rings is 1. The molecule has 0 atom stereocenters. The van der Waals surface area contributed by atoms with Crippen LogP contribution in [0, 0.1) is 11.3 Å². The van der Waals surface area contributed by atoms with Crippen molar-refractivity contribution in [3.8, 4) is 28.5 Å². The average molecular weight is 403 g/mol. The van der Waals surface area contributed by atoms with Crippen molar-refractivity contribution in [3.05, 3.63) is 52.6 Å². The van der Waals surface area contributed by atoms with Gasteiger partial charge in [0.15, 0.2) is 0 Å². The van der Waals surface area contributed by atoms with E-state index in [9.17, 15) is 4.79 Å². The molecule has 3 heterocycles. The highest BCUT2D eigenvalue weighted by atomic mass is 16.1. The van der Waals surface area contributed by atoms with E-state index in [2.05, 4.69) is 16.1 Å². The zero-order chi connectivity index (χ0) is 21.3. The maximum Gasteiger partial charge on any atom is 0.263 e. The zero-order valence-electron chi connectivity index (χ0n) is 17.2. The van der Waals surface area contributed by atoms with Gasteiger partial charge in [0.2, 0.25) is 5.95 Å². The monoisotopic (exact) mass is 403 g/mol. The maximum absolute atomic E-state index is 13.5. The van der Waals surface area contributed by atoms with Gasteiger partial charge in [-0.2, -0.15) is 10.4 Å². The number of piperidine rings is 1. The van der Waals surface area contributed by atoms with Crippen molar-refractivity contribution >= 4 is 5.95 Å². The average Bonchev–Trinajstić information content (AvgIpc) is 3.25. The van der Waals surface area contributed by atoms with E-state index in [1.54, 1.807) is 34.6 Å². The molecule has 0 spiro atoms. The van der Waals surface area contributed by atoms with Crippen molar-refractivity contribution in [2.24, 2.45) is 12.8 Å². The molecule has 4 rings (SSSR count). The van der Waals surface area contributed by atoms with Gasteiger partial charge in [0.05, 0.1) is 29.1 Å². The van der Waals surface area contributed by atoms with E-state index in [0.29, 0.717) is 29.3 Å². The van der Waals surface area contributed by atoms with Crippen LogP contribution in [0.5, 0.6) is 0 Å². The van der Waals surface area contributed by atoms with Crippen molar-refractivity contribution in [2.75, 3.05) is 18.0 Å². The van der Waals surface area contributed by atoms with Crippen molar-refractivity contribution in [2.45, 2.75) is 32.4 Å². The Morgan fingerprint density at radius 2 is 1.90 bits per heavy atom. The summed E-state index contributed by atoms with van der Waals surface area (Å²) in [4.78, 5) is 20.6. The fourth-order valence-electron chi connectivity index (χ4n) is 3.81. The van der Waals surface area contributed by atoms with Gasteiger partial charge in [-0.05, 0) is 31.9 Å². The molecular weight excluding hydrogens is 378 g/mol. The van der Waals surface area contributed by atoms with Gasteiger partial charge in [0.1, 0.15) is 0 Å². The van der Waals surface area contributed by atoms with E-state index < -0.39 is 0 Å². The fraction of sp³-hybridized carbons (Fsp3) is 0.364. The minimum absolute atomic E-state index is 0.120. The summed E-state index contributed by atoms with van der Waals surface area (Å²) in [5, 5.41) is 13.5. The van der Waals surface area contributed by atoms with Crippen LogP contribution >= 0.6 is 0 Å². The van der Waals surface area contributed by atoms with Gasteiger partial charge in [-0.15, -0.1) is 0 Å². The van der Waals surface area contributed by atoms with Crippen LogP contribution in [0.15, 0.2) is 41.5 Å². The first kappa shape index (κ1) is 19.9. The smallest absolute Gasteiger partial charge is 0.263 e. The Balaban J connectivity index is 1.91. The third-order valence-electron chi connectivity index (χ3n) is 5.62. The lowest BCUT2D eigenvalue weighted by Crippen LogP contribution is -2.42. The SMILES string of the molecule is CCn1cc(-c2c(-c3ccc(C#N)cc3)nc(N3CCC(N)CC3)n(C)c2=O)cn1. The first-order chi connectivity index (χ1) is 14.5. The summed E-state index contributed by atoms with van der Waals surface area (Å²) in [6.45, 7) is 4.24. The Kier molecular flexibility index (Phi) is 5.38. The summed E-state index contributed by atoms with van der Waals surface area (Å²) < 4.78 is 3.40. The Morgan fingerprint density at radius 1 is 1.20 bits per heavy atom. The van der Waals surface area contributed by atoms with E-state index in [1.165, 1.54) is 0 Å². The van der Waals surface area contributed by atoms with E-state index in [4.69, 9.17) is 16.0 Å². The number of hydrogen-bond donors (Lipinski definition) is 1. The van der Waals surface area contributed by atoms with E-state index in [-0.39, 0.29) is 11.6 Å². The highest BCUT2D eigenvalue weighted by Gasteiger charge is 2.24. The molecule has 1 aromatic carbocycles. The van der Waals surface area contributed by atoms with Crippen LogP contribution in [0.1, 0.15) is 25.3 Å². The molecule has 8 heteroatoms. The predicted octanol–water partition coefficient (Wildman–Crippen LogP) is 2.13. The second-order valence-electron chi connectivity index (χ2n) is 7.60. The number of hydrogen-bond acceptors (Lipinski definition) is 6. The van der Waals surface area contributed by atoms with Gasteiger partial charge in [-0.25, -0.2) is 4.98 Å². The number of nitriles is 1. The topological polar surface area (TPSA) is 106 Å². The quantitative estimate of drug-likeness (QED) is 0.715. The maximum atomic E-state index is 13.5. The zero-order valence-corrected chi connectivity index (χ0v) is 17.2. The van der Waals surface area contributed by atoms with Gasteiger partial charge in [-0.3, -0.25) is 14.0 Å². The van der Waals surface area contributed by atoms with Crippen molar-refractivity contribution < 1.29 is 0 Å². The highest BCUT2D eigenvalue weighted by molar-refractivity contribution is 5.80. The van der Waals surface area contributed by atoms with Crippen LogP contribution < -0.4 is 16.2 Å². The standard InChI is InChI=1S/C22H25N7O/c1-3-29-14-17(13-25-29)19-20(16-6-4-15(12-23)5-7-16)26-22(27(2)21(19)30)28-10-8-18(24)9-11-28/h4-7,13-14,18H,3,8-11,24H2,1-2H3. The second kappa shape index (κ2) is 8.13. The van der Waals surface area contributed by atoms with Gasteiger partial charge in [0, 0.05) is 50.0 Å². The van der Waals surface area contributed by atoms with Crippen LogP contribution in [0.25, 0.3) is 22.4 Å².